The quantitative estimate of drug-likeness (QED) is 0.653. The van der Waals surface area contributed by atoms with Crippen molar-refractivity contribution in [2.75, 3.05) is 0 Å². The first-order valence-corrected chi connectivity index (χ1v) is 8.66. The molecule has 0 radical (unpaired) electrons. The molecule has 0 aliphatic heterocycles. The predicted octanol–water partition coefficient (Wildman–Crippen LogP) is 4.30. The number of nitrogens with two attached hydrogens (primary N) is 1. The second kappa shape index (κ2) is 4.22. The van der Waals surface area contributed by atoms with Gasteiger partial charge in [0, 0.05) is 6.04 Å². The molecule has 0 spiro atoms. The molecule has 2 unspecified atom stereocenters. The van der Waals surface area contributed by atoms with Crippen LogP contribution in [-0.4, -0.2) is 6.04 Å². The van der Waals surface area contributed by atoms with Crippen molar-refractivity contribution in [1.82, 2.24) is 0 Å². The zero-order valence-corrected chi connectivity index (χ0v) is 13.0. The second-order valence-corrected chi connectivity index (χ2v) is 8.49. The van der Waals surface area contributed by atoms with E-state index in [2.05, 4.69) is 38.2 Å². The van der Waals surface area contributed by atoms with Gasteiger partial charge in [0.05, 0.1) is 0 Å². The number of rotatable bonds is 0. The Balaban J connectivity index is 1.71. The van der Waals surface area contributed by atoms with Crippen LogP contribution in [0.5, 0.6) is 0 Å². The van der Waals surface area contributed by atoms with Crippen molar-refractivity contribution in [3.05, 3.63) is 24.3 Å². The summed E-state index contributed by atoms with van der Waals surface area (Å²) in [6, 6.07) is 0.273. The molecule has 1 heteroatoms. The molecule has 0 aromatic rings. The van der Waals surface area contributed by atoms with Crippen LogP contribution in [0.3, 0.4) is 0 Å². The first-order valence-electron chi connectivity index (χ1n) is 8.66. The van der Waals surface area contributed by atoms with Crippen LogP contribution in [0.2, 0.25) is 0 Å². The average molecular weight is 271 g/mol. The summed E-state index contributed by atoms with van der Waals surface area (Å²) in [6.45, 7) is 5.08. The fourth-order valence-electron chi connectivity index (χ4n) is 6.21. The van der Waals surface area contributed by atoms with E-state index >= 15 is 0 Å². The molecule has 4 aliphatic carbocycles. The molecule has 7 atom stereocenters. The average Bonchev–Trinajstić information content (AvgIpc) is 2.81. The largest absolute Gasteiger partial charge is 0.324 e. The molecule has 4 rings (SSSR count). The van der Waals surface area contributed by atoms with Crippen LogP contribution in [0, 0.1) is 34.5 Å². The van der Waals surface area contributed by atoms with Crippen molar-refractivity contribution in [2.24, 2.45) is 40.2 Å². The molecule has 0 aromatic heterocycles. The Kier molecular flexibility index (Phi) is 2.77. The van der Waals surface area contributed by atoms with E-state index in [-0.39, 0.29) is 6.04 Å². The van der Waals surface area contributed by atoms with Gasteiger partial charge < -0.3 is 5.73 Å². The molecular weight excluding hydrogens is 242 g/mol. The standard InChI is InChI=1S/C19H29N/c1-18-9-3-4-16(18)15-6-5-13-12-14(20)7-11-19(13,2)17(15)8-10-18/h5-7,11,13-17H,3-4,8-10,12,20H2,1-2H3/t13?,14?,15-,16-,17-,18-,19-/m0/s1. The molecule has 0 saturated heterocycles. The fourth-order valence-corrected chi connectivity index (χ4v) is 6.21. The van der Waals surface area contributed by atoms with Crippen molar-refractivity contribution >= 4 is 0 Å². The number of allylic oxidation sites excluding steroid dienone is 3. The molecule has 2 fully saturated rings. The van der Waals surface area contributed by atoms with Crippen LogP contribution in [-0.2, 0) is 0 Å². The lowest BCUT2D eigenvalue weighted by Gasteiger charge is -2.56. The van der Waals surface area contributed by atoms with Crippen LogP contribution < -0.4 is 5.73 Å². The van der Waals surface area contributed by atoms with Crippen LogP contribution in [0.1, 0.15) is 52.4 Å². The Morgan fingerprint density at radius 1 is 1.00 bits per heavy atom. The summed E-state index contributed by atoms with van der Waals surface area (Å²) in [5.74, 6) is 3.31. The summed E-state index contributed by atoms with van der Waals surface area (Å²) in [7, 11) is 0. The van der Waals surface area contributed by atoms with E-state index in [1.807, 2.05) is 0 Å². The molecule has 0 heterocycles. The van der Waals surface area contributed by atoms with E-state index in [1.54, 1.807) is 0 Å². The third-order valence-electron chi connectivity index (χ3n) is 7.51. The minimum Gasteiger partial charge on any atom is -0.324 e. The first kappa shape index (κ1) is 13.1. The molecule has 2 saturated carbocycles. The van der Waals surface area contributed by atoms with Gasteiger partial charge in [-0.15, -0.1) is 0 Å². The van der Waals surface area contributed by atoms with E-state index in [4.69, 9.17) is 5.73 Å². The predicted molar refractivity (Wildman–Crippen MR) is 84.1 cm³/mol. The third-order valence-corrected chi connectivity index (χ3v) is 7.51. The lowest BCUT2D eigenvalue weighted by atomic mass is 9.48. The van der Waals surface area contributed by atoms with Crippen LogP contribution in [0.15, 0.2) is 24.3 Å². The second-order valence-electron chi connectivity index (χ2n) is 8.49. The molecule has 110 valence electrons. The van der Waals surface area contributed by atoms with Gasteiger partial charge >= 0.3 is 0 Å². The van der Waals surface area contributed by atoms with Gasteiger partial charge in [0.25, 0.3) is 0 Å². The third kappa shape index (κ3) is 1.65. The first-order chi connectivity index (χ1) is 9.53. The molecule has 20 heavy (non-hydrogen) atoms. The zero-order valence-electron chi connectivity index (χ0n) is 13.0. The van der Waals surface area contributed by atoms with Gasteiger partial charge in [-0.05, 0) is 66.6 Å². The van der Waals surface area contributed by atoms with Gasteiger partial charge in [0.2, 0.25) is 0 Å². The van der Waals surface area contributed by atoms with Crippen LogP contribution >= 0.6 is 0 Å². The number of hydrogen-bond donors (Lipinski definition) is 1. The topological polar surface area (TPSA) is 26.0 Å². The summed E-state index contributed by atoms with van der Waals surface area (Å²) in [5.41, 5.74) is 7.17. The van der Waals surface area contributed by atoms with E-state index in [0.29, 0.717) is 16.7 Å². The van der Waals surface area contributed by atoms with Crippen molar-refractivity contribution in [1.29, 1.82) is 0 Å². The lowest BCUT2D eigenvalue weighted by Crippen LogP contribution is -2.50. The van der Waals surface area contributed by atoms with Crippen molar-refractivity contribution in [2.45, 2.75) is 58.4 Å². The highest BCUT2D eigenvalue weighted by Gasteiger charge is 2.55. The Morgan fingerprint density at radius 3 is 2.70 bits per heavy atom. The van der Waals surface area contributed by atoms with Gasteiger partial charge in [0.15, 0.2) is 0 Å². The highest BCUT2D eigenvalue weighted by molar-refractivity contribution is 5.24. The summed E-state index contributed by atoms with van der Waals surface area (Å²) in [4.78, 5) is 0. The maximum Gasteiger partial charge on any atom is 0.0229 e. The highest BCUT2D eigenvalue weighted by Crippen LogP contribution is 2.63. The van der Waals surface area contributed by atoms with Gasteiger partial charge in [0.1, 0.15) is 0 Å². The van der Waals surface area contributed by atoms with Gasteiger partial charge in [-0.2, -0.15) is 0 Å². The molecule has 0 bridgehead atoms. The van der Waals surface area contributed by atoms with E-state index in [0.717, 1.165) is 24.2 Å². The highest BCUT2D eigenvalue weighted by atomic mass is 14.7. The van der Waals surface area contributed by atoms with Gasteiger partial charge in [-0.1, -0.05) is 44.6 Å². The summed E-state index contributed by atoms with van der Waals surface area (Å²) in [5, 5.41) is 0. The lowest BCUT2D eigenvalue weighted by molar-refractivity contribution is -0.0107. The number of fused-ring (bicyclic) bond motifs is 5. The smallest absolute Gasteiger partial charge is 0.0229 e. The minimum absolute atomic E-state index is 0.273. The fraction of sp³-hybridized carbons (Fsp3) is 0.789. The summed E-state index contributed by atoms with van der Waals surface area (Å²) >= 11 is 0. The van der Waals surface area contributed by atoms with Crippen molar-refractivity contribution < 1.29 is 0 Å². The Bertz CT molecular complexity index is 464. The summed E-state index contributed by atoms with van der Waals surface area (Å²) < 4.78 is 0. The Labute approximate surface area is 123 Å². The monoisotopic (exact) mass is 271 g/mol. The Hall–Kier alpha value is -0.560. The number of hydrogen-bond acceptors (Lipinski definition) is 1. The van der Waals surface area contributed by atoms with Crippen molar-refractivity contribution in [3.63, 3.8) is 0 Å². The van der Waals surface area contributed by atoms with E-state index in [1.165, 1.54) is 32.1 Å². The maximum atomic E-state index is 6.15. The molecule has 4 aliphatic rings. The molecular formula is C19H29N. The van der Waals surface area contributed by atoms with E-state index in [9.17, 15) is 0 Å². The van der Waals surface area contributed by atoms with Gasteiger partial charge in [-0.25, -0.2) is 0 Å². The van der Waals surface area contributed by atoms with Crippen LogP contribution in [0.25, 0.3) is 0 Å². The minimum atomic E-state index is 0.273. The molecule has 2 N–H and O–H groups in total. The normalized spacial score (nSPS) is 57.0. The van der Waals surface area contributed by atoms with Crippen molar-refractivity contribution in [3.8, 4) is 0 Å². The molecule has 0 amide bonds. The molecule has 0 aromatic carbocycles. The summed E-state index contributed by atoms with van der Waals surface area (Å²) in [6.07, 6.45) is 18.3. The molecule has 1 nitrogen and oxygen atoms in total. The van der Waals surface area contributed by atoms with Gasteiger partial charge in [-0.3, -0.25) is 0 Å². The van der Waals surface area contributed by atoms with E-state index < -0.39 is 0 Å². The Morgan fingerprint density at radius 2 is 1.85 bits per heavy atom. The SMILES string of the molecule is C[C@@]12CCC[C@H]1[C@@H]1C=CC3CC(N)C=C[C@]3(C)[C@H]1CC2. The maximum absolute atomic E-state index is 6.15. The zero-order chi connectivity index (χ0) is 14.0. The van der Waals surface area contributed by atoms with Crippen LogP contribution in [0.4, 0.5) is 0 Å².